The van der Waals surface area contributed by atoms with Crippen molar-refractivity contribution in [2.75, 3.05) is 25.4 Å². The van der Waals surface area contributed by atoms with E-state index in [0.29, 0.717) is 13.2 Å². The molecule has 1 atom stereocenters. The van der Waals surface area contributed by atoms with E-state index in [2.05, 4.69) is 0 Å². The molecule has 1 saturated heterocycles. The normalized spacial score (nSPS) is 19.3. The lowest BCUT2D eigenvalue weighted by Crippen LogP contribution is -2.37. The number of hydrogen-bond donors (Lipinski definition) is 1. The second-order valence-corrected chi connectivity index (χ2v) is 7.15. The van der Waals surface area contributed by atoms with Gasteiger partial charge in [-0.05, 0) is 31.9 Å². The molecule has 7 heteroatoms. The molecule has 2 N–H and O–H groups in total. The topological polar surface area (TPSA) is 72.6 Å². The van der Waals surface area contributed by atoms with E-state index in [-0.39, 0.29) is 28.8 Å². The van der Waals surface area contributed by atoms with Crippen molar-refractivity contribution < 1.29 is 17.5 Å². The summed E-state index contributed by atoms with van der Waals surface area (Å²) in [7, 11) is -3.77. The van der Waals surface area contributed by atoms with Crippen LogP contribution in [-0.4, -0.2) is 38.5 Å². The zero-order valence-electron chi connectivity index (χ0n) is 12.3. The molecular weight excluding hydrogens is 295 g/mol. The Bertz CT molecular complexity index is 590. The highest BCUT2D eigenvalue weighted by atomic mass is 32.2. The van der Waals surface area contributed by atoms with Gasteiger partial charge in [-0.1, -0.05) is 6.92 Å². The van der Waals surface area contributed by atoms with Crippen LogP contribution in [-0.2, 0) is 14.8 Å². The molecule has 1 aliphatic rings. The molecular formula is C14H21FN2O3S. The maximum atomic E-state index is 13.8. The minimum atomic E-state index is -3.77. The minimum absolute atomic E-state index is 0.0904. The Balaban J connectivity index is 2.30. The van der Waals surface area contributed by atoms with Crippen LogP contribution in [0.2, 0.25) is 0 Å². The zero-order valence-corrected chi connectivity index (χ0v) is 13.1. The average molecular weight is 316 g/mol. The Morgan fingerprint density at radius 3 is 2.71 bits per heavy atom. The van der Waals surface area contributed by atoms with Crippen LogP contribution < -0.4 is 5.73 Å². The quantitative estimate of drug-likeness (QED) is 0.842. The standard InChI is InChI=1S/C14H21FN2O3S/c1-3-17(9-11-5-4-6-20-11)21(18,19)12-7-13(15)10(2)14(16)8-12/h7-8,11H,3-6,9,16H2,1-2H3. The van der Waals surface area contributed by atoms with Gasteiger partial charge in [0.05, 0.1) is 11.0 Å². The van der Waals surface area contributed by atoms with Gasteiger partial charge in [0, 0.05) is 30.9 Å². The van der Waals surface area contributed by atoms with Crippen molar-refractivity contribution in [2.24, 2.45) is 0 Å². The molecule has 2 rings (SSSR count). The molecule has 118 valence electrons. The molecule has 1 aromatic rings. The van der Waals surface area contributed by atoms with Crippen LogP contribution in [0.1, 0.15) is 25.3 Å². The van der Waals surface area contributed by atoms with Gasteiger partial charge in [-0.3, -0.25) is 0 Å². The lowest BCUT2D eigenvalue weighted by Gasteiger charge is -2.23. The second-order valence-electron chi connectivity index (χ2n) is 5.21. The largest absolute Gasteiger partial charge is 0.398 e. The van der Waals surface area contributed by atoms with E-state index in [4.69, 9.17) is 10.5 Å². The molecule has 1 heterocycles. The summed E-state index contributed by atoms with van der Waals surface area (Å²) in [5.41, 5.74) is 6.08. The minimum Gasteiger partial charge on any atom is -0.398 e. The van der Waals surface area contributed by atoms with Gasteiger partial charge in [0.15, 0.2) is 0 Å². The zero-order chi connectivity index (χ0) is 15.6. The third-order valence-corrected chi connectivity index (χ3v) is 5.70. The first-order valence-electron chi connectivity index (χ1n) is 7.03. The van der Waals surface area contributed by atoms with Crippen molar-refractivity contribution in [1.29, 1.82) is 0 Å². The van der Waals surface area contributed by atoms with E-state index in [1.54, 1.807) is 6.92 Å². The predicted octanol–water partition coefficient (Wildman–Crippen LogP) is 1.91. The summed E-state index contributed by atoms with van der Waals surface area (Å²) in [6.07, 6.45) is 1.69. The number of nitrogens with two attached hydrogens (primary N) is 1. The van der Waals surface area contributed by atoms with Crippen molar-refractivity contribution in [3.63, 3.8) is 0 Å². The number of halogens is 1. The Kier molecular flexibility index (Phi) is 4.85. The summed E-state index contributed by atoms with van der Waals surface area (Å²) in [6.45, 7) is 4.52. The summed E-state index contributed by atoms with van der Waals surface area (Å²) in [5.74, 6) is -0.609. The highest BCUT2D eigenvalue weighted by molar-refractivity contribution is 7.89. The molecule has 1 aliphatic heterocycles. The summed E-state index contributed by atoms with van der Waals surface area (Å²) in [5, 5.41) is 0. The van der Waals surface area contributed by atoms with Crippen LogP contribution in [0, 0.1) is 12.7 Å². The molecule has 0 bridgehead atoms. The summed E-state index contributed by atoms with van der Waals surface area (Å²) in [4.78, 5) is -0.108. The van der Waals surface area contributed by atoms with Crippen LogP contribution >= 0.6 is 0 Å². The van der Waals surface area contributed by atoms with Gasteiger partial charge in [-0.15, -0.1) is 0 Å². The average Bonchev–Trinajstić information content (AvgIpc) is 2.94. The Hall–Kier alpha value is -1.18. The molecule has 1 unspecified atom stereocenters. The third-order valence-electron chi connectivity index (χ3n) is 3.78. The fourth-order valence-corrected chi connectivity index (χ4v) is 3.91. The first-order valence-corrected chi connectivity index (χ1v) is 8.47. The first kappa shape index (κ1) is 16.2. The van der Waals surface area contributed by atoms with Crippen LogP contribution in [0.5, 0.6) is 0 Å². The number of ether oxygens (including phenoxy) is 1. The number of nitrogen functional groups attached to an aromatic ring is 1. The Labute approximate surface area is 124 Å². The lowest BCUT2D eigenvalue weighted by molar-refractivity contribution is 0.0947. The van der Waals surface area contributed by atoms with Crippen molar-refractivity contribution in [3.8, 4) is 0 Å². The monoisotopic (exact) mass is 316 g/mol. The van der Waals surface area contributed by atoms with E-state index in [9.17, 15) is 12.8 Å². The molecule has 0 spiro atoms. The smallest absolute Gasteiger partial charge is 0.243 e. The number of anilines is 1. The van der Waals surface area contributed by atoms with E-state index >= 15 is 0 Å². The number of hydrogen-bond acceptors (Lipinski definition) is 4. The van der Waals surface area contributed by atoms with E-state index in [1.165, 1.54) is 17.3 Å². The van der Waals surface area contributed by atoms with E-state index in [0.717, 1.165) is 18.9 Å². The number of sulfonamides is 1. The highest BCUT2D eigenvalue weighted by Crippen LogP contribution is 2.25. The molecule has 0 saturated carbocycles. The van der Waals surface area contributed by atoms with Gasteiger partial charge in [-0.25, -0.2) is 12.8 Å². The van der Waals surface area contributed by atoms with Gasteiger partial charge >= 0.3 is 0 Å². The molecule has 21 heavy (non-hydrogen) atoms. The maximum Gasteiger partial charge on any atom is 0.243 e. The number of rotatable bonds is 5. The predicted molar refractivity (Wildman–Crippen MR) is 79.0 cm³/mol. The lowest BCUT2D eigenvalue weighted by atomic mass is 10.2. The molecule has 0 amide bonds. The first-order chi connectivity index (χ1) is 9.86. The second kappa shape index (κ2) is 6.29. The maximum absolute atomic E-state index is 13.8. The van der Waals surface area contributed by atoms with Crippen LogP contribution in [0.4, 0.5) is 10.1 Å². The van der Waals surface area contributed by atoms with Gasteiger partial charge in [0.1, 0.15) is 5.82 Å². The molecule has 0 aromatic heterocycles. The van der Waals surface area contributed by atoms with Crippen LogP contribution in [0.15, 0.2) is 17.0 Å². The van der Waals surface area contributed by atoms with Gasteiger partial charge in [0.2, 0.25) is 10.0 Å². The molecule has 1 fully saturated rings. The Morgan fingerprint density at radius 1 is 1.48 bits per heavy atom. The molecule has 1 aromatic carbocycles. The number of nitrogens with zero attached hydrogens (tertiary/aromatic N) is 1. The van der Waals surface area contributed by atoms with Crippen molar-refractivity contribution in [3.05, 3.63) is 23.5 Å². The van der Waals surface area contributed by atoms with Crippen LogP contribution in [0.25, 0.3) is 0 Å². The van der Waals surface area contributed by atoms with Crippen molar-refractivity contribution in [1.82, 2.24) is 4.31 Å². The summed E-state index contributed by atoms with van der Waals surface area (Å²) >= 11 is 0. The van der Waals surface area contributed by atoms with E-state index in [1.807, 2.05) is 0 Å². The van der Waals surface area contributed by atoms with Gasteiger partial charge in [0.25, 0.3) is 0 Å². The fourth-order valence-electron chi connectivity index (χ4n) is 2.38. The number of benzene rings is 1. The summed E-state index contributed by atoms with van der Waals surface area (Å²) in [6, 6.07) is 2.34. The van der Waals surface area contributed by atoms with Gasteiger partial charge in [-0.2, -0.15) is 4.31 Å². The number of likely N-dealkylation sites (N-methyl/N-ethyl adjacent to an activating group) is 1. The SMILES string of the molecule is CCN(CC1CCCO1)S(=O)(=O)c1cc(N)c(C)c(F)c1. The Morgan fingerprint density at radius 2 is 2.19 bits per heavy atom. The fraction of sp³-hybridized carbons (Fsp3) is 0.571. The highest BCUT2D eigenvalue weighted by Gasteiger charge is 2.28. The molecule has 0 radical (unpaired) electrons. The van der Waals surface area contributed by atoms with Crippen molar-refractivity contribution >= 4 is 15.7 Å². The van der Waals surface area contributed by atoms with Crippen molar-refractivity contribution in [2.45, 2.75) is 37.7 Å². The third kappa shape index (κ3) is 3.36. The van der Waals surface area contributed by atoms with Gasteiger partial charge < -0.3 is 10.5 Å². The molecule has 0 aliphatic carbocycles. The summed E-state index contributed by atoms with van der Waals surface area (Å²) < 4.78 is 45.8. The van der Waals surface area contributed by atoms with E-state index < -0.39 is 15.8 Å². The molecule has 5 nitrogen and oxygen atoms in total. The van der Waals surface area contributed by atoms with Crippen LogP contribution in [0.3, 0.4) is 0 Å².